The van der Waals surface area contributed by atoms with Crippen LogP contribution in [0.1, 0.15) is 26.3 Å². The van der Waals surface area contributed by atoms with Crippen LogP contribution < -0.4 is 24.8 Å². The highest BCUT2D eigenvalue weighted by Crippen LogP contribution is 2.38. The summed E-state index contributed by atoms with van der Waals surface area (Å²) >= 11 is 0. The first-order valence-electron chi connectivity index (χ1n) is 8.36. The SMILES string of the molecule is COc1cc(C=CC(=O)OCC(=O)NC(=O)NC(C)(C)C)cc(OC)c1OC. The van der Waals surface area contributed by atoms with Crippen LogP contribution in [0.25, 0.3) is 6.08 Å². The molecule has 9 heteroatoms. The molecule has 0 aliphatic carbocycles. The van der Waals surface area contributed by atoms with E-state index in [1.165, 1.54) is 27.4 Å². The first-order chi connectivity index (χ1) is 13.1. The fourth-order valence-electron chi connectivity index (χ4n) is 2.08. The normalized spacial score (nSPS) is 10.9. The largest absolute Gasteiger partial charge is 0.493 e. The van der Waals surface area contributed by atoms with E-state index in [2.05, 4.69) is 10.6 Å². The van der Waals surface area contributed by atoms with E-state index in [4.69, 9.17) is 18.9 Å². The van der Waals surface area contributed by atoms with Gasteiger partial charge in [0.05, 0.1) is 21.3 Å². The van der Waals surface area contributed by atoms with Gasteiger partial charge in [-0.1, -0.05) is 0 Å². The highest BCUT2D eigenvalue weighted by atomic mass is 16.5. The summed E-state index contributed by atoms with van der Waals surface area (Å²) in [5.41, 5.74) is 0.102. The van der Waals surface area contributed by atoms with Crippen LogP contribution in [-0.4, -0.2) is 51.4 Å². The molecule has 9 nitrogen and oxygen atoms in total. The van der Waals surface area contributed by atoms with Gasteiger partial charge in [0.25, 0.3) is 5.91 Å². The lowest BCUT2D eigenvalue weighted by molar-refractivity contribution is -0.143. The topological polar surface area (TPSA) is 112 Å². The van der Waals surface area contributed by atoms with Crippen molar-refractivity contribution in [3.05, 3.63) is 23.8 Å². The van der Waals surface area contributed by atoms with E-state index in [1.54, 1.807) is 32.9 Å². The second kappa shape index (κ2) is 10.2. The molecule has 0 heterocycles. The number of hydrogen-bond donors (Lipinski definition) is 2. The number of hydrogen-bond acceptors (Lipinski definition) is 7. The summed E-state index contributed by atoms with van der Waals surface area (Å²) < 4.78 is 20.5. The fourth-order valence-corrected chi connectivity index (χ4v) is 2.08. The van der Waals surface area contributed by atoms with E-state index in [1.807, 2.05) is 0 Å². The molecule has 0 bridgehead atoms. The van der Waals surface area contributed by atoms with Gasteiger partial charge in [0.15, 0.2) is 18.1 Å². The molecule has 0 fully saturated rings. The molecule has 0 aromatic heterocycles. The maximum atomic E-state index is 11.8. The predicted octanol–water partition coefficient (Wildman–Crippen LogP) is 1.89. The molecular weight excluding hydrogens is 368 g/mol. The van der Waals surface area contributed by atoms with Crippen molar-refractivity contribution in [1.29, 1.82) is 0 Å². The van der Waals surface area contributed by atoms with Gasteiger partial charge in [0.2, 0.25) is 5.75 Å². The maximum absolute atomic E-state index is 11.8. The van der Waals surface area contributed by atoms with Gasteiger partial charge in [-0.05, 0) is 44.5 Å². The van der Waals surface area contributed by atoms with Crippen LogP contribution in [0.3, 0.4) is 0 Å². The lowest BCUT2D eigenvalue weighted by atomic mass is 10.1. The molecule has 0 saturated heterocycles. The van der Waals surface area contributed by atoms with Gasteiger partial charge in [-0.25, -0.2) is 9.59 Å². The third-order valence-electron chi connectivity index (χ3n) is 3.19. The highest BCUT2D eigenvalue weighted by Gasteiger charge is 2.16. The third kappa shape index (κ3) is 7.56. The monoisotopic (exact) mass is 394 g/mol. The number of esters is 1. The Morgan fingerprint density at radius 2 is 1.57 bits per heavy atom. The van der Waals surface area contributed by atoms with E-state index in [9.17, 15) is 14.4 Å². The Bertz CT molecular complexity index is 726. The summed E-state index contributed by atoms with van der Waals surface area (Å²) in [5.74, 6) is -0.204. The molecule has 0 aliphatic rings. The van der Waals surface area contributed by atoms with Gasteiger partial charge < -0.3 is 24.3 Å². The molecule has 3 amide bonds. The Kier molecular flexibility index (Phi) is 8.30. The Hall–Kier alpha value is -3.23. The minimum atomic E-state index is -0.750. The molecule has 154 valence electrons. The van der Waals surface area contributed by atoms with Crippen LogP contribution in [0.2, 0.25) is 0 Å². The summed E-state index contributed by atoms with van der Waals surface area (Å²) in [4.78, 5) is 35.0. The second-order valence-electron chi connectivity index (χ2n) is 6.65. The number of imide groups is 1. The first-order valence-corrected chi connectivity index (χ1v) is 8.36. The van der Waals surface area contributed by atoms with Gasteiger partial charge in [-0.15, -0.1) is 0 Å². The van der Waals surface area contributed by atoms with Crippen LogP contribution in [0.5, 0.6) is 17.2 Å². The van der Waals surface area contributed by atoms with Crippen molar-refractivity contribution in [3.63, 3.8) is 0 Å². The lowest BCUT2D eigenvalue weighted by Crippen LogP contribution is -2.49. The van der Waals surface area contributed by atoms with Crippen molar-refractivity contribution in [3.8, 4) is 17.2 Å². The Morgan fingerprint density at radius 3 is 2.04 bits per heavy atom. The number of ether oxygens (including phenoxy) is 4. The molecule has 0 unspecified atom stereocenters. The third-order valence-corrected chi connectivity index (χ3v) is 3.19. The number of benzene rings is 1. The zero-order valence-corrected chi connectivity index (χ0v) is 16.9. The molecule has 2 N–H and O–H groups in total. The minimum absolute atomic E-state index is 0.426. The molecule has 0 radical (unpaired) electrons. The Balaban J connectivity index is 2.65. The second-order valence-corrected chi connectivity index (χ2v) is 6.65. The lowest BCUT2D eigenvalue weighted by Gasteiger charge is -2.20. The average Bonchev–Trinajstić information content (AvgIpc) is 2.61. The smallest absolute Gasteiger partial charge is 0.331 e. The summed E-state index contributed by atoms with van der Waals surface area (Å²) in [5, 5.41) is 4.63. The molecule has 1 aromatic rings. The van der Waals surface area contributed by atoms with E-state index in [0.717, 1.165) is 6.08 Å². The average molecular weight is 394 g/mol. The van der Waals surface area contributed by atoms with Crippen molar-refractivity contribution in [2.45, 2.75) is 26.3 Å². The van der Waals surface area contributed by atoms with E-state index in [0.29, 0.717) is 22.8 Å². The van der Waals surface area contributed by atoms with Crippen molar-refractivity contribution >= 4 is 24.0 Å². The van der Waals surface area contributed by atoms with Gasteiger partial charge in [0.1, 0.15) is 0 Å². The van der Waals surface area contributed by atoms with Gasteiger partial charge >= 0.3 is 12.0 Å². The summed E-state index contributed by atoms with van der Waals surface area (Å²) in [6.07, 6.45) is 2.61. The first kappa shape index (κ1) is 22.8. The molecule has 28 heavy (non-hydrogen) atoms. The molecule has 0 saturated carbocycles. The molecule has 0 atom stereocenters. The van der Waals surface area contributed by atoms with Crippen molar-refractivity contribution < 1.29 is 33.3 Å². The summed E-state index contributed by atoms with van der Waals surface area (Å²) in [6, 6.07) is 2.63. The quantitative estimate of drug-likeness (QED) is 0.536. The predicted molar refractivity (Wildman–Crippen MR) is 103 cm³/mol. The van der Waals surface area contributed by atoms with Gasteiger partial charge in [-0.2, -0.15) is 0 Å². The number of urea groups is 1. The molecule has 0 spiro atoms. The number of rotatable bonds is 7. The fraction of sp³-hybridized carbons (Fsp3) is 0.421. The van der Waals surface area contributed by atoms with Crippen LogP contribution in [0.4, 0.5) is 4.79 Å². The van der Waals surface area contributed by atoms with Crippen LogP contribution in [0.15, 0.2) is 18.2 Å². The maximum Gasteiger partial charge on any atom is 0.331 e. The molecule has 0 aliphatic heterocycles. The van der Waals surface area contributed by atoms with Crippen molar-refractivity contribution in [2.24, 2.45) is 0 Å². The van der Waals surface area contributed by atoms with E-state index < -0.39 is 30.1 Å². The van der Waals surface area contributed by atoms with Gasteiger partial charge in [-0.3, -0.25) is 10.1 Å². The summed E-state index contributed by atoms with van der Waals surface area (Å²) in [7, 11) is 4.45. The number of methoxy groups -OCH3 is 3. The van der Waals surface area contributed by atoms with Crippen LogP contribution in [-0.2, 0) is 14.3 Å². The van der Waals surface area contributed by atoms with E-state index >= 15 is 0 Å². The number of amides is 3. The Morgan fingerprint density at radius 1 is 1.00 bits per heavy atom. The highest BCUT2D eigenvalue weighted by molar-refractivity contribution is 5.96. The van der Waals surface area contributed by atoms with Crippen LogP contribution in [0, 0.1) is 0 Å². The molecule has 1 aromatic carbocycles. The minimum Gasteiger partial charge on any atom is -0.493 e. The Labute approximate surface area is 164 Å². The van der Waals surface area contributed by atoms with Crippen molar-refractivity contribution in [1.82, 2.24) is 10.6 Å². The number of nitrogens with one attached hydrogen (secondary N) is 2. The van der Waals surface area contributed by atoms with E-state index in [-0.39, 0.29) is 0 Å². The van der Waals surface area contributed by atoms with Crippen molar-refractivity contribution in [2.75, 3.05) is 27.9 Å². The molecular formula is C19H26N2O7. The molecule has 1 rings (SSSR count). The number of carbonyl (C=O) groups is 3. The zero-order valence-electron chi connectivity index (χ0n) is 16.9. The van der Waals surface area contributed by atoms with Gasteiger partial charge in [0, 0.05) is 11.6 Å². The standard InChI is InChI=1S/C19H26N2O7/c1-19(2,3)21-18(24)20-15(22)11-28-16(23)8-7-12-9-13(25-4)17(27-6)14(10-12)26-5/h7-10H,11H2,1-6H3,(H2,20,21,22,24). The number of carbonyl (C=O) groups excluding carboxylic acids is 3. The zero-order chi connectivity index (χ0) is 21.3. The van der Waals surface area contributed by atoms with Crippen LogP contribution >= 0.6 is 0 Å². The summed E-state index contributed by atoms with van der Waals surface area (Å²) in [6.45, 7) is 4.72.